The number of anilines is 1. The van der Waals surface area contributed by atoms with E-state index in [9.17, 15) is 0 Å². The fraction of sp³-hybridized carbons (Fsp3) is 0.625. The summed E-state index contributed by atoms with van der Waals surface area (Å²) in [6, 6.07) is 6.21. The van der Waals surface area contributed by atoms with Gasteiger partial charge in [-0.05, 0) is 30.4 Å². The third-order valence-electron chi connectivity index (χ3n) is 4.44. The van der Waals surface area contributed by atoms with E-state index in [1.807, 2.05) is 6.07 Å². The van der Waals surface area contributed by atoms with Gasteiger partial charge in [-0.1, -0.05) is 6.07 Å². The Hall–Kier alpha value is -1.26. The highest BCUT2D eigenvalue weighted by molar-refractivity contribution is 5.57. The van der Waals surface area contributed by atoms with Crippen molar-refractivity contribution < 1.29 is 4.74 Å². The number of hydrogen-bond acceptors (Lipinski definition) is 4. The summed E-state index contributed by atoms with van der Waals surface area (Å²) >= 11 is 0. The van der Waals surface area contributed by atoms with Gasteiger partial charge in [0.1, 0.15) is 5.75 Å². The highest BCUT2D eigenvalue weighted by Crippen LogP contribution is 2.31. The zero-order valence-corrected chi connectivity index (χ0v) is 12.3. The van der Waals surface area contributed by atoms with E-state index in [0.717, 1.165) is 37.8 Å². The van der Waals surface area contributed by atoms with Gasteiger partial charge in [0.15, 0.2) is 0 Å². The second-order valence-corrected chi connectivity index (χ2v) is 5.93. The molecule has 0 unspecified atom stereocenters. The normalized spacial score (nSPS) is 20.2. The summed E-state index contributed by atoms with van der Waals surface area (Å²) in [7, 11) is 1.72. The first-order valence-electron chi connectivity index (χ1n) is 7.64. The number of hydrogen-bond donors (Lipinski definition) is 1. The molecule has 1 saturated heterocycles. The zero-order valence-electron chi connectivity index (χ0n) is 12.3. The number of piperazine rings is 1. The summed E-state index contributed by atoms with van der Waals surface area (Å²) in [4.78, 5) is 5.06. The second kappa shape index (κ2) is 6.02. The molecule has 0 spiro atoms. The van der Waals surface area contributed by atoms with Gasteiger partial charge >= 0.3 is 0 Å². The van der Waals surface area contributed by atoms with Crippen LogP contribution < -0.4 is 15.4 Å². The number of ether oxygens (including phenoxy) is 1. The van der Waals surface area contributed by atoms with Crippen molar-refractivity contribution in [2.75, 3.05) is 44.7 Å². The maximum Gasteiger partial charge on any atom is 0.120 e. The summed E-state index contributed by atoms with van der Waals surface area (Å²) in [6.07, 6.45) is 2.88. The van der Waals surface area contributed by atoms with E-state index in [0.29, 0.717) is 6.54 Å². The molecule has 0 atom stereocenters. The Labute approximate surface area is 121 Å². The van der Waals surface area contributed by atoms with Crippen LogP contribution in [0, 0.1) is 5.92 Å². The van der Waals surface area contributed by atoms with Gasteiger partial charge in [-0.3, -0.25) is 4.90 Å². The van der Waals surface area contributed by atoms with Crippen LogP contribution in [-0.2, 0) is 6.54 Å². The van der Waals surface area contributed by atoms with Crippen LogP contribution in [0.25, 0.3) is 0 Å². The third kappa shape index (κ3) is 3.07. The Bertz CT molecular complexity index is 451. The number of benzene rings is 1. The summed E-state index contributed by atoms with van der Waals surface area (Å²) < 4.78 is 5.35. The second-order valence-electron chi connectivity index (χ2n) is 5.93. The number of nitrogens with zero attached hydrogens (tertiary/aromatic N) is 2. The van der Waals surface area contributed by atoms with E-state index in [2.05, 4.69) is 21.9 Å². The van der Waals surface area contributed by atoms with Gasteiger partial charge in [0.25, 0.3) is 0 Å². The molecule has 2 N–H and O–H groups in total. The van der Waals surface area contributed by atoms with Crippen LogP contribution in [0.1, 0.15) is 18.4 Å². The molecular weight excluding hydrogens is 250 g/mol. The summed E-state index contributed by atoms with van der Waals surface area (Å²) in [5.74, 6) is 1.90. The molecule has 2 fully saturated rings. The molecule has 1 heterocycles. The molecule has 1 aromatic carbocycles. The van der Waals surface area contributed by atoms with Gasteiger partial charge in [0, 0.05) is 51.0 Å². The summed E-state index contributed by atoms with van der Waals surface area (Å²) in [5.41, 5.74) is 8.33. The van der Waals surface area contributed by atoms with Crippen LogP contribution in [0.3, 0.4) is 0 Å². The molecule has 2 aliphatic rings. The van der Waals surface area contributed by atoms with Crippen molar-refractivity contribution in [1.29, 1.82) is 0 Å². The highest BCUT2D eigenvalue weighted by Gasteiger charge is 2.26. The van der Waals surface area contributed by atoms with Crippen molar-refractivity contribution in [3.8, 4) is 5.75 Å². The minimum Gasteiger partial charge on any atom is -0.497 e. The lowest BCUT2D eigenvalue weighted by Gasteiger charge is -2.37. The molecule has 20 heavy (non-hydrogen) atoms. The lowest BCUT2D eigenvalue weighted by Crippen LogP contribution is -2.47. The van der Waals surface area contributed by atoms with E-state index in [4.69, 9.17) is 10.5 Å². The van der Waals surface area contributed by atoms with E-state index in [1.54, 1.807) is 7.11 Å². The molecule has 0 amide bonds. The topological polar surface area (TPSA) is 41.7 Å². The SMILES string of the molecule is COc1ccc(CN)c(N2CCN(CC3CC3)CC2)c1. The van der Waals surface area contributed by atoms with Crippen LogP contribution >= 0.6 is 0 Å². The van der Waals surface area contributed by atoms with E-state index < -0.39 is 0 Å². The zero-order chi connectivity index (χ0) is 13.9. The Balaban J connectivity index is 1.66. The maximum atomic E-state index is 5.87. The lowest BCUT2D eigenvalue weighted by atomic mass is 10.1. The van der Waals surface area contributed by atoms with Crippen molar-refractivity contribution in [3.63, 3.8) is 0 Å². The Kier molecular flexibility index (Phi) is 4.13. The van der Waals surface area contributed by atoms with Gasteiger partial charge in [-0.2, -0.15) is 0 Å². The predicted octanol–water partition coefficient (Wildman–Crippen LogP) is 1.69. The van der Waals surface area contributed by atoms with Gasteiger partial charge in [0.2, 0.25) is 0 Å². The Morgan fingerprint density at radius 2 is 1.95 bits per heavy atom. The standard InChI is InChI=1S/C16H25N3O/c1-20-15-5-4-14(11-17)16(10-15)19-8-6-18(7-9-19)12-13-2-3-13/h4-5,10,13H,2-3,6-9,11-12,17H2,1H3. The van der Waals surface area contributed by atoms with Crippen molar-refractivity contribution in [2.45, 2.75) is 19.4 Å². The summed E-state index contributed by atoms with van der Waals surface area (Å²) in [5, 5.41) is 0. The number of nitrogens with two attached hydrogens (primary N) is 1. The minimum absolute atomic E-state index is 0.585. The van der Waals surface area contributed by atoms with Crippen molar-refractivity contribution in [2.24, 2.45) is 11.7 Å². The Morgan fingerprint density at radius 1 is 1.20 bits per heavy atom. The van der Waals surface area contributed by atoms with Gasteiger partial charge in [-0.15, -0.1) is 0 Å². The van der Waals surface area contributed by atoms with Crippen LogP contribution in [0.2, 0.25) is 0 Å². The monoisotopic (exact) mass is 275 g/mol. The highest BCUT2D eigenvalue weighted by atomic mass is 16.5. The largest absolute Gasteiger partial charge is 0.497 e. The molecule has 1 aliphatic heterocycles. The first kappa shape index (κ1) is 13.7. The average molecular weight is 275 g/mol. The molecule has 4 nitrogen and oxygen atoms in total. The molecule has 3 rings (SSSR count). The molecule has 0 aromatic heterocycles. The number of methoxy groups -OCH3 is 1. The Morgan fingerprint density at radius 3 is 2.55 bits per heavy atom. The average Bonchev–Trinajstić information content (AvgIpc) is 3.31. The van der Waals surface area contributed by atoms with Crippen molar-refractivity contribution >= 4 is 5.69 Å². The van der Waals surface area contributed by atoms with Crippen LogP contribution in [0.15, 0.2) is 18.2 Å². The van der Waals surface area contributed by atoms with Crippen molar-refractivity contribution in [1.82, 2.24) is 4.90 Å². The first-order valence-corrected chi connectivity index (χ1v) is 7.64. The smallest absolute Gasteiger partial charge is 0.120 e. The quantitative estimate of drug-likeness (QED) is 0.888. The molecular formula is C16H25N3O. The van der Waals surface area contributed by atoms with Gasteiger partial charge in [-0.25, -0.2) is 0 Å². The fourth-order valence-electron chi connectivity index (χ4n) is 2.97. The molecule has 0 radical (unpaired) electrons. The molecule has 4 heteroatoms. The fourth-order valence-corrected chi connectivity index (χ4v) is 2.97. The predicted molar refractivity (Wildman–Crippen MR) is 82.3 cm³/mol. The van der Waals surface area contributed by atoms with Crippen LogP contribution in [0.5, 0.6) is 5.75 Å². The van der Waals surface area contributed by atoms with Crippen LogP contribution in [0.4, 0.5) is 5.69 Å². The van der Waals surface area contributed by atoms with Crippen molar-refractivity contribution in [3.05, 3.63) is 23.8 Å². The van der Waals surface area contributed by atoms with Gasteiger partial charge < -0.3 is 15.4 Å². The molecule has 1 saturated carbocycles. The van der Waals surface area contributed by atoms with Crippen LogP contribution in [-0.4, -0.2) is 44.7 Å². The van der Waals surface area contributed by atoms with E-state index in [-0.39, 0.29) is 0 Å². The molecule has 1 aromatic rings. The summed E-state index contributed by atoms with van der Waals surface area (Å²) in [6.45, 7) is 6.40. The molecule has 0 bridgehead atoms. The lowest BCUT2D eigenvalue weighted by molar-refractivity contribution is 0.248. The number of rotatable bonds is 5. The first-order chi connectivity index (χ1) is 9.80. The van der Waals surface area contributed by atoms with E-state index in [1.165, 1.54) is 30.6 Å². The minimum atomic E-state index is 0.585. The third-order valence-corrected chi connectivity index (χ3v) is 4.44. The van der Waals surface area contributed by atoms with E-state index >= 15 is 0 Å². The van der Waals surface area contributed by atoms with Gasteiger partial charge in [0.05, 0.1) is 7.11 Å². The molecule has 1 aliphatic carbocycles. The molecule has 110 valence electrons. The maximum absolute atomic E-state index is 5.87.